The molecule has 0 radical (unpaired) electrons. The van der Waals surface area contributed by atoms with Crippen molar-refractivity contribution >= 4 is 0 Å². The van der Waals surface area contributed by atoms with Crippen molar-refractivity contribution in [1.82, 2.24) is 4.90 Å². The summed E-state index contributed by atoms with van der Waals surface area (Å²) in [5.41, 5.74) is 0.602. The molecule has 0 unspecified atom stereocenters. The van der Waals surface area contributed by atoms with Crippen molar-refractivity contribution in [2.45, 2.75) is 30.6 Å². The van der Waals surface area contributed by atoms with E-state index in [0.29, 0.717) is 43.9 Å². The molecular weight excluding hydrogens is 321 g/mol. The van der Waals surface area contributed by atoms with Gasteiger partial charge in [-0.2, -0.15) is 0 Å². The molecule has 2 aromatic rings. The first-order valence-corrected chi connectivity index (χ1v) is 8.69. The fourth-order valence-electron chi connectivity index (χ4n) is 3.92. The summed E-state index contributed by atoms with van der Waals surface area (Å²) >= 11 is 0. The summed E-state index contributed by atoms with van der Waals surface area (Å²) in [5.74, 6) is 0.169. The number of rotatable bonds is 2. The van der Waals surface area contributed by atoms with Crippen LogP contribution in [-0.2, 0) is 5.60 Å². The Bertz CT molecular complexity index is 744. The minimum atomic E-state index is -0.831. The van der Waals surface area contributed by atoms with E-state index in [2.05, 4.69) is 4.90 Å². The van der Waals surface area contributed by atoms with Gasteiger partial charge in [-0.3, -0.25) is 4.90 Å². The first kappa shape index (κ1) is 16.5. The van der Waals surface area contributed by atoms with Gasteiger partial charge in [-0.25, -0.2) is 4.39 Å². The third-order valence-electron chi connectivity index (χ3n) is 5.47. The quantitative estimate of drug-likeness (QED) is 0.880. The average molecular weight is 343 g/mol. The number of nitrogens with zero attached hydrogens (tertiary/aromatic N) is 1. The normalized spacial score (nSPS) is 25.9. The highest BCUT2D eigenvalue weighted by atomic mass is 19.1. The number of ether oxygens (including phenoxy) is 1. The standard InChI is InChI=1S/C20H22FNO3/c21-15-6-7-18-16(12-15)19(23)17(13-25-18)22-10-8-20(24,9-11-22)14-4-2-1-3-5-14/h1-7,12,17,19,23-24H,8-11,13H2/t17-,19+/m0/s1. The van der Waals surface area contributed by atoms with Crippen LogP contribution in [0.25, 0.3) is 0 Å². The monoisotopic (exact) mass is 343 g/mol. The van der Waals surface area contributed by atoms with Gasteiger partial charge in [-0.1, -0.05) is 30.3 Å². The lowest BCUT2D eigenvalue weighted by atomic mass is 9.83. The van der Waals surface area contributed by atoms with Crippen LogP contribution in [0.4, 0.5) is 4.39 Å². The molecule has 4 rings (SSSR count). The molecule has 0 amide bonds. The number of aliphatic hydroxyl groups excluding tert-OH is 1. The SMILES string of the molecule is O[C@@H]1c2cc(F)ccc2OC[C@@H]1N1CCC(O)(c2ccccc2)CC1. The van der Waals surface area contributed by atoms with Gasteiger partial charge in [0.2, 0.25) is 0 Å². The fourth-order valence-corrected chi connectivity index (χ4v) is 3.92. The molecule has 2 aliphatic rings. The van der Waals surface area contributed by atoms with Crippen molar-refractivity contribution in [3.8, 4) is 5.75 Å². The predicted molar refractivity (Wildman–Crippen MR) is 91.8 cm³/mol. The van der Waals surface area contributed by atoms with Gasteiger partial charge >= 0.3 is 0 Å². The van der Waals surface area contributed by atoms with Crippen LogP contribution in [0, 0.1) is 5.82 Å². The molecule has 2 atom stereocenters. The van der Waals surface area contributed by atoms with Crippen LogP contribution in [0.2, 0.25) is 0 Å². The Morgan fingerprint density at radius 2 is 1.80 bits per heavy atom. The number of hydrogen-bond acceptors (Lipinski definition) is 4. The first-order valence-electron chi connectivity index (χ1n) is 8.69. The fraction of sp³-hybridized carbons (Fsp3) is 0.400. The van der Waals surface area contributed by atoms with Crippen molar-refractivity contribution < 1.29 is 19.3 Å². The summed E-state index contributed by atoms with van der Waals surface area (Å²) in [4.78, 5) is 2.13. The largest absolute Gasteiger partial charge is 0.491 e. The van der Waals surface area contributed by atoms with Crippen LogP contribution in [0.3, 0.4) is 0 Å². The van der Waals surface area contributed by atoms with E-state index in [9.17, 15) is 14.6 Å². The number of likely N-dealkylation sites (tertiary alicyclic amines) is 1. The molecule has 2 aromatic carbocycles. The van der Waals surface area contributed by atoms with Gasteiger partial charge in [0.15, 0.2) is 0 Å². The van der Waals surface area contributed by atoms with Gasteiger partial charge < -0.3 is 14.9 Å². The second-order valence-corrected chi connectivity index (χ2v) is 6.94. The Kier molecular flexibility index (Phi) is 4.23. The topological polar surface area (TPSA) is 52.9 Å². The number of fused-ring (bicyclic) bond motifs is 1. The Labute approximate surface area is 146 Å². The van der Waals surface area contributed by atoms with Crippen molar-refractivity contribution in [1.29, 1.82) is 0 Å². The second-order valence-electron chi connectivity index (χ2n) is 6.94. The summed E-state index contributed by atoms with van der Waals surface area (Å²) < 4.78 is 19.2. The number of benzene rings is 2. The van der Waals surface area contributed by atoms with E-state index in [1.165, 1.54) is 12.1 Å². The summed E-state index contributed by atoms with van der Waals surface area (Å²) in [5, 5.41) is 21.6. The first-order chi connectivity index (χ1) is 12.1. The highest BCUT2D eigenvalue weighted by molar-refractivity contribution is 5.38. The zero-order valence-electron chi connectivity index (χ0n) is 13.9. The van der Waals surface area contributed by atoms with E-state index >= 15 is 0 Å². The molecule has 1 fully saturated rings. The van der Waals surface area contributed by atoms with Gasteiger partial charge in [-0.05, 0) is 36.6 Å². The molecule has 0 saturated carbocycles. The van der Waals surface area contributed by atoms with Crippen molar-refractivity contribution in [2.75, 3.05) is 19.7 Å². The molecule has 25 heavy (non-hydrogen) atoms. The summed E-state index contributed by atoms with van der Waals surface area (Å²) in [6.07, 6.45) is 0.398. The maximum absolute atomic E-state index is 13.5. The average Bonchev–Trinajstić information content (AvgIpc) is 2.64. The lowest BCUT2D eigenvalue weighted by Crippen LogP contribution is -2.52. The molecule has 2 aliphatic heterocycles. The van der Waals surface area contributed by atoms with E-state index in [1.54, 1.807) is 6.07 Å². The molecular formula is C20H22FNO3. The van der Waals surface area contributed by atoms with Crippen LogP contribution in [-0.4, -0.2) is 40.9 Å². The zero-order chi connectivity index (χ0) is 17.4. The van der Waals surface area contributed by atoms with Gasteiger partial charge in [0.1, 0.15) is 24.3 Å². The lowest BCUT2D eigenvalue weighted by Gasteiger charge is -2.44. The summed E-state index contributed by atoms with van der Waals surface area (Å²) in [7, 11) is 0. The molecule has 5 heteroatoms. The predicted octanol–water partition coefficient (Wildman–Crippen LogP) is 2.60. The van der Waals surface area contributed by atoms with Crippen molar-refractivity contribution in [2.24, 2.45) is 0 Å². The van der Waals surface area contributed by atoms with E-state index in [-0.39, 0.29) is 11.9 Å². The maximum Gasteiger partial charge on any atom is 0.125 e. The minimum absolute atomic E-state index is 0.227. The molecule has 2 heterocycles. The molecule has 4 nitrogen and oxygen atoms in total. The summed E-state index contributed by atoms with van der Waals surface area (Å²) in [6.45, 7) is 1.67. The third kappa shape index (κ3) is 3.03. The van der Waals surface area contributed by atoms with Crippen LogP contribution in [0.5, 0.6) is 5.75 Å². The van der Waals surface area contributed by atoms with Crippen LogP contribution >= 0.6 is 0 Å². The van der Waals surface area contributed by atoms with Crippen LogP contribution in [0.1, 0.15) is 30.1 Å². The number of aliphatic hydroxyl groups is 2. The van der Waals surface area contributed by atoms with Gasteiger partial charge in [0, 0.05) is 18.7 Å². The van der Waals surface area contributed by atoms with Gasteiger partial charge in [-0.15, -0.1) is 0 Å². The molecule has 2 N–H and O–H groups in total. The molecule has 1 saturated heterocycles. The Morgan fingerprint density at radius 3 is 2.52 bits per heavy atom. The highest BCUT2D eigenvalue weighted by Gasteiger charge is 2.40. The van der Waals surface area contributed by atoms with Crippen LogP contribution in [0.15, 0.2) is 48.5 Å². The van der Waals surface area contributed by atoms with E-state index < -0.39 is 11.7 Å². The molecule has 0 bridgehead atoms. The Hall–Kier alpha value is -1.95. The molecule has 132 valence electrons. The number of hydrogen-bond donors (Lipinski definition) is 2. The minimum Gasteiger partial charge on any atom is -0.491 e. The number of halogens is 1. The van der Waals surface area contributed by atoms with Crippen molar-refractivity contribution in [3.05, 3.63) is 65.5 Å². The third-order valence-corrected chi connectivity index (χ3v) is 5.47. The smallest absolute Gasteiger partial charge is 0.125 e. The molecule has 0 aromatic heterocycles. The van der Waals surface area contributed by atoms with E-state index in [1.807, 2.05) is 30.3 Å². The second kappa shape index (κ2) is 6.41. The Balaban J connectivity index is 1.48. The molecule has 0 spiro atoms. The maximum atomic E-state index is 13.5. The number of piperidine rings is 1. The van der Waals surface area contributed by atoms with Gasteiger partial charge in [0.25, 0.3) is 0 Å². The lowest BCUT2D eigenvalue weighted by molar-refractivity contribution is -0.0665. The van der Waals surface area contributed by atoms with Crippen molar-refractivity contribution in [3.63, 3.8) is 0 Å². The highest BCUT2D eigenvalue weighted by Crippen LogP contribution is 2.38. The van der Waals surface area contributed by atoms with E-state index in [4.69, 9.17) is 4.74 Å². The van der Waals surface area contributed by atoms with E-state index in [0.717, 1.165) is 5.56 Å². The van der Waals surface area contributed by atoms with Gasteiger partial charge in [0.05, 0.1) is 11.6 Å². The Morgan fingerprint density at radius 1 is 1.08 bits per heavy atom. The zero-order valence-corrected chi connectivity index (χ0v) is 13.9. The summed E-state index contributed by atoms with van der Waals surface area (Å²) in [6, 6.07) is 13.7. The van der Waals surface area contributed by atoms with Crippen LogP contribution < -0.4 is 4.74 Å². The molecule has 0 aliphatic carbocycles.